The molecule has 25 heavy (non-hydrogen) atoms. The van der Waals surface area contributed by atoms with Crippen molar-refractivity contribution < 1.29 is 14.3 Å². The molecule has 1 amide bonds. The van der Waals surface area contributed by atoms with Gasteiger partial charge in [0.2, 0.25) is 5.91 Å². The number of carbonyl (C=O) groups excluding carboxylic acids is 1. The van der Waals surface area contributed by atoms with Gasteiger partial charge in [0.25, 0.3) is 0 Å². The Kier molecular flexibility index (Phi) is 7.02. The number of thioether (sulfide) groups is 1. The van der Waals surface area contributed by atoms with E-state index in [1.165, 1.54) is 11.8 Å². The number of nitrogens with one attached hydrogen (secondary N) is 1. The van der Waals surface area contributed by atoms with Crippen molar-refractivity contribution in [2.75, 3.05) is 14.2 Å². The molecule has 2 aromatic carbocycles. The minimum absolute atomic E-state index is 0.0441. The van der Waals surface area contributed by atoms with Crippen LogP contribution in [0.25, 0.3) is 0 Å². The van der Waals surface area contributed by atoms with Crippen LogP contribution in [0.5, 0.6) is 11.5 Å². The van der Waals surface area contributed by atoms with Crippen LogP contribution in [0.2, 0.25) is 5.02 Å². The Hall–Kier alpha value is -1.85. The Bertz CT molecular complexity index is 721. The maximum atomic E-state index is 12.5. The number of amides is 1. The molecule has 2 atom stereocenters. The average Bonchev–Trinajstić information content (AvgIpc) is 2.62. The van der Waals surface area contributed by atoms with Crippen molar-refractivity contribution >= 4 is 29.3 Å². The van der Waals surface area contributed by atoms with Crippen LogP contribution in [0.4, 0.5) is 0 Å². The van der Waals surface area contributed by atoms with Gasteiger partial charge >= 0.3 is 0 Å². The van der Waals surface area contributed by atoms with Gasteiger partial charge in [-0.25, -0.2) is 0 Å². The molecule has 0 aliphatic heterocycles. The topological polar surface area (TPSA) is 47.6 Å². The summed E-state index contributed by atoms with van der Waals surface area (Å²) in [6.45, 7) is 3.80. The van der Waals surface area contributed by atoms with Crippen LogP contribution >= 0.6 is 23.4 Å². The van der Waals surface area contributed by atoms with Gasteiger partial charge in [-0.2, -0.15) is 0 Å². The minimum Gasteiger partial charge on any atom is -0.497 e. The molecule has 6 heteroatoms. The van der Waals surface area contributed by atoms with Crippen LogP contribution in [0, 0.1) is 0 Å². The fraction of sp³-hybridized carbons (Fsp3) is 0.316. The molecule has 0 spiro atoms. The molecule has 1 N–H and O–H groups in total. The summed E-state index contributed by atoms with van der Waals surface area (Å²) in [4.78, 5) is 13.5. The fourth-order valence-electron chi connectivity index (χ4n) is 2.36. The Labute approximate surface area is 157 Å². The molecule has 0 unspecified atom stereocenters. The minimum atomic E-state index is -0.236. The highest BCUT2D eigenvalue weighted by Crippen LogP contribution is 2.30. The first-order chi connectivity index (χ1) is 11.9. The summed E-state index contributed by atoms with van der Waals surface area (Å²) in [5.74, 6) is 1.39. The van der Waals surface area contributed by atoms with E-state index in [0.29, 0.717) is 10.8 Å². The third-order valence-corrected chi connectivity index (χ3v) is 5.12. The van der Waals surface area contributed by atoms with Crippen molar-refractivity contribution in [3.05, 3.63) is 53.1 Å². The molecule has 2 rings (SSSR count). The molecule has 0 radical (unpaired) electrons. The van der Waals surface area contributed by atoms with Gasteiger partial charge in [0.1, 0.15) is 11.5 Å². The van der Waals surface area contributed by atoms with Gasteiger partial charge in [0, 0.05) is 15.5 Å². The first-order valence-corrected chi connectivity index (χ1v) is 9.15. The molecule has 0 aliphatic carbocycles. The summed E-state index contributed by atoms with van der Waals surface area (Å²) in [5.41, 5.74) is 0.874. The van der Waals surface area contributed by atoms with Crippen LogP contribution in [0.3, 0.4) is 0 Å². The Morgan fingerprint density at radius 3 is 2.36 bits per heavy atom. The predicted octanol–water partition coefficient (Wildman–Crippen LogP) is 4.72. The average molecular weight is 380 g/mol. The van der Waals surface area contributed by atoms with Crippen molar-refractivity contribution in [3.8, 4) is 11.5 Å². The second-order valence-electron chi connectivity index (χ2n) is 5.55. The standard InChI is InChI=1S/C19H22ClNO3S/c1-12(17-11-15(23-3)7-10-18(17)24-4)21-19(22)13(2)25-16-8-5-14(20)6-9-16/h5-13H,1-4H3,(H,21,22)/t12-,13+/m0/s1. The van der Waals surface area contributed by atoms with Crippen molar-refractivity contribution in [2.24, 2.45) is 0 Å². The van der Waals surface area contributed by atoms with Gasteiger partial charge in [-0.1, -0.05) is 11.6 Å². The summed E-state index contributed by atoms with van der Waals surface area (Å²) >= 11 is 7.38. The molecule has 0 heterocycles. The molecular weight excluding hydrogens is 358 g/mol. The second-order valence-corrected chi connectivity index (χ2v) is 7.40. The Morgan fingerprint density at radius 2 is 1.76 bits per heavy atom. The van der Waals surface area contributed by atoms with Gasteiger partial charge in [-0.15, -0.1) is 11.8 Å². The SMILES string of the molecule is COc1ccc(OC)c([C@H](C)NC(=O)[C@@H](C)Sc2ccc(Cl)cc2)c1. The lowest BCUT2D eigenvalue weighted by Crippen LogP contribution is -2.33. The largest absolute Gasteiger partial charge is 0.497 e. The first-order valence-electron chi connectivity index (χ1n) is 7.89. The number of hydrogen-bond donors (Lipinski definition) is 1. The lowest BCUT2D eigenvalue weighted by molar-refractivity contribution is -0.120. The number of benzene rings is 2. The molecule has 0 fully saturated rings. The zero-order valence-corrected chi connectivity index (χ0v) is 16.3. The molecule has 0 saturated carbocycles. The van der Waals surface area contributed by atoms with Crippen molar-refractivity contribution in [3.63, 3.8) is 0 Å². The predicted molar refractivity (Wildman–Crippen MR) is 103 cm³/mol. The Morgan fingerprint density at radius 1 is 1.08 bits per heavy atom. The number of rotatable bonds is 7. The molecule has 0 aromatic heterocycles. The van der Waals surface area contributed by atoms with Gasteiger partial charge in [0.05, 0.1) is 25.5 Å². The zero-order valence-electron chi connectivity index (χ0n) is 14.7. The van der Waals surface area contributed by atoms with Gasteiger partial charge in [-0.3, -0.25) is 4.79 Å². The smallest absolute Gasteiger partial charge is 0.233 e. The van der Waals surface area contributed by atoms with E-state index in [2.05, 4.69) is 5.32 Å². The first kappa shape index (κ1) is 19.5. The van der Waals surface area contributed by atoms with Gasteiger partial charge < -0.3 is 14.8 Å². The summed E-state index contributed by atoms with van der Waals surface area (Å²) in [5, 5.41) is 3.48. The number of ether oxygens (including phenoxy) is 2. The lowest BCUT2D eigenvalue weighted by Gasteiger charge is -2.20. The lowest BCUT2D eigenvalue weighted by atomic mass is 10.1. The van der Waals surface area contributed by atoms with E-state index in [1.807, 2.05) is 56.3 Å². The monoisotopic (exact) mass is 379 g/mol. The number of halogens is 1. The Balaban J connectivity index is 2.05. The van der Waals surface area contributed by atoms with E-state index >= 15 is 0 Å². The number of methoxy groups -OCH3 is 2. The van der Waals surface area contributed by atoms with Crippen LogP contribution < -0.4 is 14.8 Å². The second kappa shape index (κ2) is 9.02. The molecule has 4 nitrogen and oxygen atoms in total. The van der Waals surface area contributed by atoms with Crippen LogP contribution in [0.1, 0.15) is 25.5 Å². The zero-order chi connectivity index (χ0) is 18.4. The third-order valence-electron chi connectivity index (χ3n) is 3.76. The van der Waals surface area contributed by atoms with E-state index < -0.39 is 0 Å². The summed E-state index contributed by atoms with van der Waals surface area (Å²) in [6.07, 6.45) is 0. The number of carbonyl (C=O) groups is 1. The highest BCUT2D eigenvalue weighted by molar-refractivity contribution is 8.00. The van der Waals surface area contributed by atoms with Crippen molar-refractivity contribution in [1.82, 2.24) is 5.32 Å². The molecule has 0 saturated heterocycles. The van der Waals surface area contributed by atoms with Gasteiger partial charge in [0.15, 0.2) is 0 Å². The highest BCUT2D eigenvalue weighted by atomic mass is 35.5. The van der Waals surface area contributed by atoms with Crippen LogP contribution in [0.15, 0.2) is 47.4 Å². The molecule has 0 aliphatic rings. The van der Waals surface area contributed by atoms with E-state index in [0.717, 1.165) is 16.2 Å². The van der Waals surface area contributed by atoms with Crippen molar-refractivity contribution in [1.29, 1.82) is 0 Å². The maximum absolute atomic E-state index is 12.5. The summed E-state index contributed by atoms with van der Waals surface area (Å²) in [7, 11) is 3.22. The van der Waals surface area contributed by atoms with E-state index in [1.54, 1.807) is 14.2 Å². The van der Waals surface area contributed by atoms with E-state index in [-0.39, 0.29) is 17.2 Å². The number of hydrogen-bond acceptors (Lipinski definition) is 4. The third kappa shape index (κ3) is 5.31. The quantitative estimate of drug-likeness (QED) is 0.707. The highest BCUT2D eigenvalue weighted by Gasteiger charge is 2.20. The van der Waals surface area contributed by atoms with E-state index in [9.17, 15) is 4.79 Å². The summed E-state index contributed by atoms with van der Waals surface area (Å²) < 4.78 is 10.7. The van der Waals surface area contributed by atoms with E-state index in [4.69, 9.17) is 21.1 Å². The molecule has 2 aromatic rings. The summed E-state index contributed by atoms with van der Waals surface area (Å²) in [6, 6.07) is 12.8. The maximum Gasteiger partial charge on any atom is 0.233 e. The normalized spacial score (nSPS) is 13.0. The van der Waals surface area contributed by atoms with Crippen LogP contribution in [-0.4, -0.2) is 25.4 Å². The molecular formula is C19H22ClNO3S. The fourth-order valence-corrected chi connectivity index (χ4v) is 3.36. The molecule has 134 valence electrons. The van der Waals surface area contributed by atoms with Gasteiger partial charge in [-0.05, 0) is 56.3 Å². The molecule has 0 bridgehead atoms. The van der Waals surface area contributed by atoms with Crippen LogP contribution in [-0.2, 0) is 4.79 Å². The van der Waals surface area contributed by atoms with Crippen molar-refractivity contribution in [2.45, 2.75) is 30.0 Å².